The lowest BCUT2D eigenvalue weighted by atomic mass is 10.1. The highest BCUT2D eigenvalue weighted by atomic mass is 16.2. The third-order valence-corrected chi connectivity index (χ3v) is 4.15. The minimum atomic E-state index is 0.00449. The number of nitrogens with zero attached hydrogens (tertiary/aromatic N) is 5. The second-order valence-corrected chi connectivity index (χ2v) is 5.69. The molecular weight excluding hydrogens is 280 g/mol. The van der Waals surface area contributed by atoms with E-state index in [1.807, 2.05) is 30.9 Å². The normalized spacial score (nSPS) is 14.4. The molecule has 4 rings (SSSR count). The zero-order chi connectivity index (χ0) is 15.3. The predicted octanol–water partition coefficient (Wildman–Crippen LogP) is 1.43. The van der Waals surface area contributed by atoms with Crippen LogP contribution >= 0.6 is 0 Å². The van der Waals surface area contributed by atoms with Crippen LogP contribution in [-0.4, -0.2) is 42.3 Å². The summed E-state index contributed by atoms with van der Waals surface area (Å²) in [5, 5.41) is 16.2. The Kier molecular flexibility index (Phi) is 2.75. The first-order chi connectivity index (χ1) is 10.6. The molecule has 0 bridgehead atoms. The van der Waals surface area contributed by atoms with E-state index in [0.717, 1.165) is 34.7 Å². The second kappa shape index (κ2) is 4.66. The number of carbonyl (C=O) groups is 1. The van der Waals surface area contributed by atoms with Crippen molar-refractivity contribution in [3.63, 3.8) is 0 Å². The molecule has 3 heterocycles. The third kappa shape index (κ3) is 1.89. The Morgan fingerprint density at radius 2 is 2.09 bits per heavy atom. The van der Waals surface area contributed by atoms with Crippen LogP contribution in [0.25, 0.3) is 10.9 Å². The number of aryl methyl sites for hydroxylation is 2. The van der Waals surface area contributed by atoms with Crippen LogP contribution in [-0.2, 0) is 13.1 Å². The summed E-state index contributed by atoms with van der Waals surface area (Å²) < 4.78 is 2.06. The Balaban J connectivity index is 1.71. The number of aromatic amines is 1. The van der Waals surface area contributed by atoms with Gasteiger partial charge in [-0.3, -0.25) is 9.89 Å². The summed E-state index contributed by atoms with van der Waals surface area (Å²) in [7, 11) is 0. The number of fused-ring (bicyclic) bond motifs is 2. The number of carbonyl (C=O) groups excluding carboxylic acids is 1. The zero-order valence-corrected chi connectivity index (χ0v) is 12.5. The molecule has 7 heteroatoms. The molecule has 1 aliphatic heterocycles. The standard InChI is InChI=1S/C15H16N6O/c1-9-5-11-7-16-19-14(11)12(6-9)15(22)20-3-4-21-10(2)17-18-13(21)8-20/h5-7H,3-4,8H2,1-2H3,(H,16,19). The average Bonchev–Trinajstić information content (AvgIpc) is 3.12. The second-order valence-electron chi connectivity index (χ2n) is 5.69. The van der Waals surface area contributed by atoms with Gasteiger partial charge in [-0.15, -0.1) is 10.2 Å². The summed E-state index contributed by atoms with van der Waals surface area (Å²) in [6, 6.07) is 3.93. The van der Waals surface area contributed by atoms with Gasteiger partial charge in [-0.1, -0.05) is 0 Å². The largest absolute Gasteiger partial charge is 0.329 e. The fraction of sp³-hybridized carbons (Fsp3) is 0.333. The zero-order valence-electron chi connectivity index (χ0n) is 12.5. The first-order valence-electron chi connectivity index (χ1n) is 7.25. The summed E-state index contributed by atoms with van der Waals surface area (Å²) in [6.07, 6.45) is 1.75. The van der Waals surface area contributed by atoms with Crippen LogP contribution in [0.5, 0.6) is 0 Å². The molecule has 1 N–H and O–H groups in total. The van der Waals surface area contributed by atoms with Crippen molar-refractivity contribution in [2.24, 2.45) is 0 Å². The minimum absolute atomic E-state index is 0.00449. The van der Waals surface area contributed by atoms with E-state index in [1.54, 1.807) is 6.20 Å². The topological polar surface area (TPSA) is 79.7 Å². The predicted molar refractivity (Wildman–Crippen MR) is 80.3 cm³/mol. The number of rotatable bonds is 1. The van der Waals surface area contributed by atoms with Crippen LogP contribution < -0.4 is 0 Å². The average molecular weight is 296 g/mol. The van der Waals surface area contributed by atoms with Gasteiger partial charge in [0.1, 0.15) is 5.82 Å². The summed E-state index contributed by atoms with van der Waals surface area (Å²) in [4.78, 5) is 14.7. The van der Waals surface area contributed by atoms with Crippen molar-refractivity contribution in [3.05, 3.63) is 41.1 Å². The Morgan fingerprint density at radius 3 is 2.95 bits per heavy atom. The Hall–Kier alpha value is -2.70. The number of nitrogens with one attached hydrogen (secondary N) is 1. The van der Waals surface area contributed by atoms with Gasteiger partial charge >= 0.3 is 0 Å². The Labute approximate surface area is 126 Å². The molecule has 0 fully saturated rings. The number of aromatic nitrogens is 5. The molecule has 3 aromatic rings. The van der Waals surface area contributed by atoms with Gasteiger partial charge in [0.05, 0.1) is 23.8 Å². The fourth-order valence-electron chi connectivity index (χ4n) is 3.02. The maximum Gasteiger partial charge on any atom is 0.256 e. The Morgan fingerprint density at radius 1 is 1.23 bits per heavy atom. The van der Waals surface area contributed by atoms with E-state index in [4.69, 9.17) is 0 Å². The molecule has 22 heavy (non-hydrogen) atoms. The first kappa shape index (κ1) is 13.0. The maximum absolute atomic E-state index is 12.9. The maximum atomic E-state index is 12.9. The number of H-pyrrole nitrogens is 1. The number of amides is 1. The van der Waals surface area contributed by atoms with Gasteiger partial charge in [-0.05, 0) is 31.5 Å². The first-order valence-corrected chi connectivity index (χ1v) is 7.25. The van der Waals surface area contributed by atoms with Crippen molar-refractivity contribution in [1.29, 1.82) is 0 Å². The minimum Gasteiger partial charge on any atom is -0.329 e. The van der Waals surface area contributed by atoms with Crippen molar-refractivity contribution in [2.45, 2.75) is 26.9 Å². The van der Waals surface area contributed by atoms with Crippen molar-refractivity contribution in [2.75, 3.05) is 6.54 Å². The number of hydrogen-bond donors (Lipinski definition) is 1. The van der Waals surface area contributed by atoms with Gasteiger partial charge < -0.3 is 9.47 Å². The van der Waals surface area contributed by atoms with E-state index in [9.17, 15) is 4.79 Å². The molecule has 0 unspecified atom stereocenters. The molecule has 2 aromatic heterocycles. The molecule has 112 valence electrons. The highest BCUT2D eigenvalue weighted by molar-refractivity contribution is 6.05. The van der Waals surface area contributed by atoms with E-state index in [1.165, 1.54) is 0 Å². The SMILES string of the molecule is Cc1cc(C(=O)N2CCn3c(C)nnc3C2)c2[nH]ncc2c1. The van der Waals surface area contributed by atoms with Gasteiger partial charge in [-0.25, -0.2) is 0 Å². The van der Waals surface area contributed by atoms with Crippen LogP contribution in [0.3, 0.4) is 0 Å². The van der Waals surface area contributed by atoms with Crippen molar-refractivity contribution < 1.29 is 4.79 Å². The summed E-state index contributed by atoms with van der Waals surface area (Å²) in [6.45, 7) is 5.80. The summed E-state index contributed by atoms with van der Waals surface area (Å²) in [5.74, 6) is 1.74. The van der Waals surface area contributed by atoms with Crippen molar-refractivity contribution in [3.8, 4) is 0 Å². The summed E-state index contributed by atoms with van der Waals surface area (Å²) in [5.41, 5.74) is 2.50. The van der Waals surface area contributed by atoms with Gasteiger partial charge in [0.25, 0.3) is 5.91 Å². The van der Waals surface area contributed by atoms with Gasteiger partial charge in [0, 0.05) is 18.5 Å². The Bertz CT molecular complexity index is 877. The highest BCUT2D eigenvalue weighted by Crippen LogP contribution is 2.22. The molecule has 1 aromatic carbocycles. The van der Waals surface area contributed by atoms with E-state index < -0.39 is 0 Å². The highest BCUT2D eigenvalue weighted by Gasteiger charge is 2.25. The van der Waals surface area contributed by atoms with Crippen LogP contribution in [0.2, 0.25) is 0 Å². The van der Waals surface area contributed by atoms with Crippen LogP contribution in [0.4, 0.5) is 0 Å². The van der Waals surface area contributed by atoms with E-state index in [0.29, 0.717) is 18.7 Å². The smallest absolute Gasteiger partial charge is 0.256 e. The number of hydrogen-bond acceptors (Lipinski definition) is 4. The molecular formula is C15H16N6O. The van der Waals surface area contributed by atoms with Gasteiger partial charge in [-0.2, -0.15) is 5.10 Å². The van der Waals surface area contributed by atoms with Gasteiger partial charge in [0.15, 0.2) is 5.82 Å². The summed E-state index contributed by atoms with van der Waals surface area (Å²) >= 11 is 0. The molecule has 0 spiro atoms. The molecule has 7 nitrogen and oxygen atoms in total. The molecule has 0 saturated carbocycles. The monoisotopic (exact) mass is 296 g/mol. The fourth-order valence-corrected chi connectivity index (χ4v) is 3.02. The van der Waals surface area contributed by atoms with Crippen LogP contribution in [0.1, 0.15) is 27.6 Å². The molecule has 0 radical (unpaired) electrons. The van der Waals surface area contributed by atoms with E-state index in [-0.39, 0.29) is 5.91 Å². The molecule has 0 saturated heterocycles. The molecule has 1 aliphatic rings. The van der Waals surface area contributed by atoms with Crippen molar-refractivity contribution in [1.82, 2.24) is 29.9 Å². The van der Waals surface area contributed by atoms with Crippen molar-refractivity contribution >= 4 is 16.8 Å². The molecule has 0 aliphatic carbocycles. The lowest BCUT2D eigenvalue weighted by molar-refractivity contribution is 0.0708. The lowest BCUT2D eigenvalue weighted by Gasteiger charge is -2.28. The lowest BCUT2D eigenvalue weighted by Crippen LogP contribution is -2.38. The van der Waals surface area contributed by atoms with Crippen LogP contribution in [0.15, 0.2) is 18.3 Å². The number of benzene rings is 1. The molecule has 1 amide bonds. The van der Waals surface area contributed by atoms with E-state index in [2.05, 4.69) is 25.0 Å². The quantitative estimate of drug-likeness (QED) is 0.736. The van der Waals surface area contributed by atoms with Crippen LogP contribution in [0, 0.1) is 13.8 Å². The van der Waals surface area contributed by atoms with Gasteiger partial charge in [0.2, 0.25) is 0 Å². The van der Waals surface area contributed by atoms with E-state index >= 15 is 0 Å². The third-order valence-electron chi connectivity index (χ3n) is 4.15. The molecule has 0 atom stereocenters.